The van der Waals surface area contributed by atoms with E-state index in [1.807, 2.05) is 30.3 Å². The van der Waals surface area contributed by atoms with Gasteiger partial charge in [-0.05, 0) is 48.2 Å². The van der Waals surface area contributed by atoms with Gasteiger partial charge in [-0.1, -0.05) is 35.9 Å². The van der Waals surface area contributed by atoms with Gasteiger partial charge in [-0.2, -0.15) is 0 Å². The van der Waals surface area contributed by atoms with Crippen molar-refractivity contribution in [3.63, 3.8) is 0 Å². The van der Waals surface area contributed by atoms with Crippen molar-refractivity contribution in [2.24, 2.45) is 10.7 Å². The Morgan fingerprint density at radius 3 is 2.44 bits per heavy atom. The van der Waals surface area contributed by atoms with E-state index in [9.17, 15) is 4.79 Å². The van der Waals surface area contributed by atoms with Crippen molar-refractivity contribution in [1.29, 1.82) is 0 Å². The van der Waals surface area contributed by atoms with E-state index in [0.29, 0.717) is 12.1 Å². The lowest BCUT2D eigenvalue weighted by atomic mass is 9.96. The number of nitrogens with two attached hydrogens (primary N) is 1. The summed E-state index contributed by atoms with van der Waals surface area (Å²) in [6.45, 7) is 1.43. The molecule has 5 nitrogen and oxygen atoms in total. The Labute approximate surface area is 181 Å². The normalized spacial score (nSPS) is 14.8. The van der Waals surface area contributed by atoms with E-state index in [1.54, 1.807) is 19.2 Å². The molecule has 3 rings (SSSR count). The van der Waals surface area contributed by atoms with Crippen LogP contribution in [0.1, 0.15) is 34.3 Å². The summed E-state index contributed by atoms with van der Waals surface area (Å²) in [6, 6.07) is 15.3. The third kappa shape index (κ3) is 5.59. The average Bonchev–Trinajstić information content (AvgIpc) is 3.43. The van der Waals surface area contributed by atoms with Crippen LogP contribution in [0, 0.1) is 0 Å². The molecule has 1 aliphatic rings. The number of aliphatic imine (C=N–C) groups is 1. The number of primary amides is 1. The highest BCUT2D eigenvalue weighted by molar-refractivity contribution is 14.0. The highest BCUT2D eigenvalue weighted by atomic mass is 127. The second-order valence-electron chi connectivity index (χ2n) is 6.63. The number of nitrogens with one attached hydrogen (secondary N) is 2. The van der Waals surface area contributed by atoms with Gasteiger partial charge in [0.1, 0.15) is 0 Å². The van der Waals surface area contributed by atoms with Crippen LogP contribution < -0.4 is 16.4 Å². The Bertz CT molecular complexity index is 819. The van der Waals surface area contributed by atoms with Gasteiger partial charge in [-0.15, -0.1) is 24.0 Å². The third-order valence-corrected chi connectivity index (χ3v) is 5.04. The highest BCUT2D eigenvalue weighted by Crippen LogP contribution is 2.48. The summed E-state index contributed by atoms with van der Waals surface area (Å²) in [7, 11) is 1.75. The number of hydrogen-bond donors (Lipinski definition) is 3. The van der Waals surface area contributed by atoms with Crippen LogP contribution in [-0.2, 0) is 12.0 Å². The first-order valence-electron chi connectivity index (χ1n) is 8.62. The third-order valence-electron chi connectivity index (χ3n) is 4.81. The van der Waals surface area contributed by atoms with Gasteiger partial charge in [0.25, 0.3) is 0 Å². The minimum Gasteiger partial charge on any atom is -0.366 e. The first kappa shape index (κ1) is 21.5. The molecule has 4 N–H and O–H groups in total. The molecule has 0 bridgehead atoms. The first-order chi connectivity index (χ1) is 12.5. The number of carbonyl (C=O) groups is 1. The summed E-state index contributed by atoms with van der Waals surface area (Å²) < 4.78 is 0. The van der Waals surface area contributed by atoms with Crippen LogP contribution in [0.3, 0.4) is 0 Å². The minimum absolute atomic E-state index is 0. The SMILES string of the molecule is CN=C(NCc1ccc(C(N)=O)cc1)NCC1(c2cccc(Cl)c2)CC1.I. The molecule has 7 heteroatoms. The van der Waals surface area contributed by atoms with Gasteiger partial charge in [0, 0.05) is 36.1 Å². The van der Waals surface area contributed by atoms with E-state index in [1.165, 1.54) is 5.56 Å². The van der Waals surface area contributed by atoms with Crippen LogP contribution in [0.25, 0.3) is 0 Å². The molecule has 0 unspecified atom stereocenters. The largest absolute Gasteiger partial charge is 0.366 e. The van der Waals surface area contributed by atoms with Crippen molar-refractivity contribution in [3.05, 3.63) is 70.2 Å². The average molecular weight is 499 g/mol. The smallest absolute Gasteiger partial charge is 0.248 e. The van der Waals surface area contributed by atoms with Crippen LogP contribution in [0.2, 0.25) is 5.02 Å². The maximum absolute atomic E-state index is 11.1. The highest BCUT2D eigenvalue weighted by Gasteiger charge is 2.44. The molecule has 2 aromatic rings. The predicted octanol–water partition coefficient (Wildman–Crippen LogP) is 3.45. The van der Waals surface area contributed by atoms with E-state index in [0.717, 1.165) is 35.9 Å². The molecular formula is C20H24ClIN4O. The second kappa shape index (κ2) is 9.41. The lowest BCUT2D eigenvalue weighted by Crippen LogP contribution is -2.40. The van der Waals surface area contributed by atoms with Crippen LogP contribution in [-0.4, -0.2) is 25.5 Å². The molecule has 0 spiro atoms. The molecule has 0 radical (unpaired) electrons. The van der Waals surface area contributed by atoms with Gasteiger partial charge < -0.3 is 16.4 Å². The van der Waals surface area contributed by atoms with Gasteiger partial charge in [0.15, 0.2) is 5.96 Å². The number of amides is 1. The number of guanidine groups is 1. The monoisotopic (exact) mass is 498 g/mol. The topological polar surface area (TPSA) is 79.5 Å². The quantitative estimate of drug-likeness (QED) is 0.324. The summed E-state index contributed by atoms with van der Waals surface area (Å²) in [5, 5.41) is 7.48. The van der Waals surface area contributed by atoms with E-state index < -0.39 is 5.91 Å². The minimum atomic E-state index is -0.419. The molecule has 0 atom stereocenters. The zero-order chi connectivity index (χ0) is 18.6. The van der Waals surface area contributed by atoms with Crippen LogP contribution in [0.15, 0.2) is 53.5 Å². The van der Waals surface area contributed by atoms with Crippen LogP contribution in [0.4, 0.5) is 0 Å². The lowest BCUT2D eigenvalue weighted by Gasteiger charge is -2.19. The van der Waals surface area contributed by atoms with Crippen molar-refractivity contribution in [2.45, 2.75) is 24.8 Å². The molecule has 1 aliphatic carbocycles. The number of nitrogens with zero attached hydrogens (tertiary/aromatic N) is 1. The maximum Gasteiger partial charge on any atom is 0.248 e. The Morgan fingerprint density at radius 1 is 1.19 bits per heavy atom. The van der Waals surface area contributed by atoms with Gasteiger partial charge in [0.05, 0.1) is 0 Å². The predicted molar refractivity (Wildman–Crippen MR) is 121 cm³/mol. The second-order valence-corrected chi connectivity index (χ2v) is 7.07. The van der Waals surface area contributed by atoms with Gasteiger partial charge in [0.2, 0.25) is 5.91 Å². The van der Waals surface area contributed by atoms with Gasteiger partial charge in [-0.25, -0.2) is 0 Å². The Balaban J connectivity index is 0.00000261. The Hall–Kier alpha value is -1.80. The summed E-state index contributed by atoms with van der Waals surface area (Å²) in [4.78, 5) is 15.4. The molecule has 1 amide bonds. The van der Waals surface area contributed by atoms with E-state index in [-0.39, 0.29) is 29.4 Å². The number of rotatable bonds is 6. The van der Waals surface area contributed by atoms with E-state index >= 15 is 0 Å². The van der Waals surface area contributed by atoms with Gasteiger partial charge >= 0.3 is 0 Å². The molecule has 2 aromatic carbocycles. The van der Waals surface area contributed by atoms with Gasteiger partial charge in [-0.3, -0.25) is 9.79 Å². The number of hydrogen-bond acceptors (Lipinski definition) is 2. The molecule has 1 saturated carbocycles. The standard InChI is InChI=1S/C20H23ClN4O.HI/c1-23-19(24-12-14-5-7-15(8-6-14)18(22)26)25-13-20(9-10-20)16-3-2-4-17(21)11-16;/h2-8,11H,9-10,12-13H2,1H3,(H2,22,26)(H2,23,24,25);1H. The fourth-order valence-electron chi connectivity index (χ4n) is 2.98. The molecular weight excluding hydrogens is 475 g/mol. The number of halogens is 2. The fraction of sp³-hybridized carbons (Fsp3) is 0.300. The summed E-state index contributed by atoms with van der Waals surface area (Å²) in [5.41, 5.74) is 8.23. The zero-order valence-corrected chi connectivity index (χ0v) is 18.3. The molecule has 144 valence electrons. The summed E-state index contributed by atoms with van der Waals surface area (Å²) in [6.07, 6.45) is 2.29. The first-order valence-corrected chi connectivity index (χ1v) is 8.99. The van der Waals surface area contributed by atoms with Crippen LogP contribution in [0.5, 0.6) is 0 Å². The molecule has 1 fully saturated rings. The molecule has 0 aromatic heterocycles. The Morgan fingerprint density at radius 2 is 1.89 bits per heavy atom. The fourth-order valence-corrected chi connectivity index (χ4v) is 3.17. The molecule has 0 saturated heterocycles. The van der Waals surface area contributed by atoms with Crippen molar-refractivity contribution >= 4 is 47.4 Å². The van der Waals surface area contributed by atoms with Crippen molar-refractivity contribution < 1.29 is 4.79 Å². The molecule has 0 heterocycles. The van der Waals surface area contributed by atoms with Crippen molar-refractivity contribution in [3.8, 4) is 0 Å². The maximum atomic E-state index is 11.1. The van der Waals surface area contributed by atoms with E-state index in [4.69, 9.17) is 17.3 Å². The lowest BCUT2D eigenvalue weighted by molar-refractivity contribution is 0.100. The van der Waals surface area contributed by atoms with Crippen LogP contribution >= 0.6 is 35.6 Å². The molecule has 0 aliphatic heterocycles. The molecule has 27 heavy (non-hydrogen) atoms. The van der Waals surface area contributed by atoms with E-state index in [2.05, 4.69) is 21.7 Å². The number of benzene rings is 2. The van der Waals surface area contributed by atoms with Crippen molar-refractivity contribution in [1.82, 2.24) is 10.6 Å². The zero-order valence-electron chi connectivity index (χ0n) is 15.2. The Kier molecular flexibility index (Phi) is 7.49. The van der Waals surface area contributed by atoms with Crippen molar-refractivity contribution in [2.75, 3.05) is 13.6 Å². The summed E-state index contributed by atoms with van der Waals surface area (Å²) >= 11 is 6.13. The number of carbonyl (C=O) groups excluding carboxylic acids is 1. The summed E-state index contributed by atoms with van der Waals surface area (Å²) in [5.74, 6) is 0.329.